The fraction of sp³-hybridized carbons (Fsp3) is 0. The lowest BCUT2D eigenvalue weighted by atomic mass is 10.4. The van der Waals surface area contributed by atoms with Crippen molar-refractivity contribution >= 4 is 10.8 Å². The SMILES string of the molecule is NO.O=c1c2ccccc12. The number of fused-ring (bicyclic) bond motifs is 1. The van der Waals surface area contributed by atoms with Gasteiger partial charge in [-0.25, -0.2) is 5.90 Å². The van der Waals surface area contributed by atoms with E-state index >= 15 is 0 Å². The topological polar surface area (TPSA) is 63.3 Å². The van der Waals surface area contributed by atoms with E-state index in [9.17, 15) is 4.79 Å². The molecule has 0 amide bonds. The van der Waals surface area contributed by atoms with Gasteiger partial charge in [0.15, 0.2) is 5.43 Å². The lowest BCUT2D eigenvalue weighted by Gasteiger charge is -1.66. The molecule has 0 aromatic heterocycles. The molecule has 2 aromatic rings. The average Bonchev–Trinajstić information content (AvgIpc) is 2.68. The molecule has 0 spiro atoms. The van der Waals surface area contributed by atoms with Crippen LogP contribution >= 0.6 is 0 Å². The van der Waals surface area contributed by atoms with E-state index in [1.165, 1.54) is 0 Å². The molecule has 0 saturated heterocycles. The predicted octanol–water partition coefficient (Wildman–Crippen LogP) is 0.410. The molecule has 2 aromatic carbocycles. The summed E-state index contributed by atoms with van der Waals surface area (Å²) in [6.45, 7) is 0. The van der Waals surface area contributed by atoms with Crippen LogP contribution in [0.2, 0.25) is 0 Å². The first-order chi connectivity index (χ1) is 4.89. The van der Waals surface area contributed by atoms with E-state index < -0.39 is 0 Å². The van der Waals surface area contributed by atoms with Crippen molar-refractivity contribution < 1.29 is 5.21 Å². The molecule has 52 valence electrons. The van der Waals surface area contributed by atoms with Gasteiger partial charge in [0.2, 0.25) is 0 Å². The molecule has 0 saturated carbocycles. The molecule has 0 aliphatic rings. The minimum absolute atomic E-state index is 0.218. The van der Waals surface area contributed by atoms with Gasteiger partial charge in [-0.2, -0.15) is 0 Å². The first-order valence-electron chi connectivity index (χ1n) is 2.79. The molecule has 0 aliphatic carbocycles. The summed E-state index contributed by atoms with van der Waals surface area (Å²) in [7, 11) is 0. The van der Waals surface area contributed by atoms with Gasteiger partial charge in [-0.1, -0.05) is 24.3 Å². The maximum absolute atomic E-state index is 10.5. The van der Waals surface area contributed by atoms with Crippen LogP contribution in [0.1, 0.15) is 0 Å². The molecule has 3 N–H and O–H groups in total. The Morgan fingerprint density at radius 1 is 1.10 bits per heavy atom. The highest BCUT2D eigenvalue weighted by molar-refractivity contribution is 5.96. The Morgan fingerprint density at radius 3 is 1.80 bits per heavy atom. The van der Waals surface area contributed by atoms with E-state index in [1.54, 1.807) is 0 Å². The largest absolute Gasteiger partial charge is 0.320 e. The van der Waals surface area contributed by atoms with Crippen molar-refractivity contribution in [3.63, 3.8) is 0 Å². The first kappa shape index (κ1) is 6.92. The molecule has 0 radical (unpaired) electrons. The smallest absolute Gasteiger partial charge is 0.194 e. The summed E-state index contributed by atoms with van der Waals surface area (Å²) in [5.74, 6) is 3.50. The summed E-state index contributed by atoms with van der Waals surface area (Å²) in [4.78, 5) is 10.5. The van der Waals surface area contributed by atoms with E-state index in [4.69, 9.17) is 5.21 Å². The van der Waals surface area contributed by atoms with Crippen LogP contribution in [0.25, 0.3) is 10.8 Å². The number of hydrogen-bond acceptors (Lipinski definition) is 3. The van der Waals surface area contributed by atoms with Crippen LogP contribution in [-0.4, -0.2) is 5.21 Å². The summed E-state index contributed by atoms with van der Waals surface area (Å²) in [5, 5.41) is 8.29. The number of benzene rings is 1. The fourth-order valence-corrected chi connectivity index (χ4v) is 0.833. The van der Waals surface area contributed by atoms with E-state index in [1.807, 2.05) is 24.3 Å². The third kappa shape index (κ3) is 0.920. The van der Waals surface area contributed by atoms with Gasteiger partial charge in [0.25, 0.3) is 0 Å². The van der Waals surface area contributed by atoms with E-state index in [0.29, 0.717) is 0 Å². The van der Waals surface area contributed by atoms with Crippen molar-refractivity contribution in [1.82, 2.24) is 0 Å². The zero-order valence-corrected chi connectivity index (χ0v) is 5.24. The molecule has 0 aliphatic heterocycles. The summed E-state index contributed by atoms with van der Waals surface area (Å²) in [6, 6.07) is 7.45. The molecular weight excluding hydrogens is 130 g/mol. The average molecular weight is 137 g/mol. The van der Waals surface area contributed by atoms with Crippen molar-refractivity contribution in [3.8, 4) is 0 Å². The third-order valence-electron chi connectivity index (χ3n) is 1.35. The minimum Gasteiger partial charge on any atom is -0.320 e. The molecule has 3 nitrogen and oxygen atoms in total. The van der Waals surface area contributed by atoms with Crippen molar-refractivity contribution in [2.75, 3.05) is 0 Å². The third-order valence-corrected chi connectivity index (χ3v) is 1.35. The Bertz CT molecular complexity index is 302. The second-order valence-electron chi connectivity index (χ2n) is 1.87. The van der Waals surface area contributed by atoms with Crippen molar-refractivity contribution in [2.24, 2.45) is 5.90 Å². The van der Waals surface area contributed by atoms with Gasteiger partial charge in [0.1, 0.15) is 0 Å². The zero-order chi connectivity index (χ0) is 7.56. The maximum Gasteiger partial charge on any atom is 0.194 e. The Labute approximate surface area is 57.3 Å². The van der Waals surface area contributed by atoms with Crippen LogP contribution in [0.4, 0.5) is 0 Å². The lowest BCUT2D eigenvalue weighted by Crippen LogP contribution is -1.72. The molecular formula is C7H7NO2. The van der Waals surface area contributed by atoms with E-state index in [0.717, 1.165) is 10.8 Å². The number of hydrogen-bond donors (Lipinski definition) is 2. The second kappa shape index (κ2) is 2.60. The molecule has 0 heterocycles. The highest BCUT2D eigenvalue weighted by Crippen LogP contribution is 2.11. The summed E-state index contributed by atoms with van der Waals surface area (Å²) < 4.78 is 0. The Kier molecular flexibility index (Phi) is 1.80. The molecule has 0 bridgehead atoms. The highest BCUT2D eigenvalue weighted by atomic mass is 16.4. The van der Waals surface area contributed by atoms with Gasteiger partial charge in [0, 0.05) is 10.8 Å². The molecule has 0 atom stereocenters. The van der Waals surface area contributed by atoms with E-state index in [-0.39, 0.29) is 5.43 Å². The predicted molar refractivity (Wildman–Crippen MR) is 38.6 cm³/mol. The maximum atomic E-state index is 10.5. The number of nitrogens with two attached hydrogens (primary N) is 1. The monoisotopic (exact) mass is 137 g/mol. The van der Waals surface area contributed by atoms with Crippen molar-refractivity contribution in [2.45, 2.75) is 0 Å². The van der Waals surface area contributed by atoms with Gasteiger partial charge >= 0.3 is 0 Å². The lowest BCUT2D eigenvalue weighted by molar-refractivity contribution is 0.311. The van der Waals surface area contributed by atoms with Gasteiger partial charge in [-0.05, 0) is 0 Å². The van der Waals surface area contributed by atoms with Crippen LogP contribution in [-0.2, 0) is 0 Å². The Morgan fingerprint density at radius 2 is 1.50 bits per heavy atom. The molecule has 2 rings (SSSR count). The van der Waals surface area contributed by atoms with Crippen LogP contribution in [0.3, 0.4) is 0 Å². The van der Waals surface area contributed by atoms with Crippen LogP contribution in [0, 0.1) is 0 Å². The van der Waals surface area contributed by atoms with Gasteiger partial charge < -0.3 is 5.21 Å². The summed E-state index contributed by atoms with van der Waals surface area (Å²) >= 11 is 0. The van der Waals surface area contributed by atoms with Gasteiger partial charge in [-0.15, -0.1) is 0 Å². The Hall–Kier alpha value is -1.19. The zero-order valence-electron chi connectivity index (χ0n) is 5.24. The van der Waals surface area contributed by atoms with Crippen molar-refractivity contribution in [3.05, 3.63) is 34.5 Å². The summed E-state index contributed by atoms with van der Waals surface area (Å²) in [5.41, 5.74) is 0.218. The van der Waals surface area contributed by atoms with Gasteiger partial charge in [-0.3, -0.25) is 4.79 Å². The highest BCUT2D eigenvalue weighted by Gasteiger charge is 2.07. The second-order valence-corrected chi connectivity index (χ2v) is 1.87. The molecule has 3 heteroatoms. The minimum atomic E-state index is 0.218. The standard InChI is InChI=1S/C7H4O.H3NO/c8-7-5-3-1-2-4-6(5)7;1-2/h1-4H;2H,1H2. The van der Waals surface area contributed by atoms with Crippen molar-refractivity contribution in [1.29, 1.82) is 0 Å². The summed E-state index contributed by atoms with van der Waals surface area (Å²) in [6.07, 6.45) is 0. The fourth-order valence-electron chi connectivity index (χ4n) is 0.833. The van der Waals surface area contributed by atoms with Crippen LogP contribution < -0.4 is 11.3 Å². The molecule has 0 fully saturated rings. The number of rotatable bonds is 0. The van der Waals surface area contributed by atoms with Crippen LogP contribution in [0.5, 0.6) is 0 Å². The van der Waals surface area contributed by atoms with E-state index in [2.05, 4.69) is 5.90 Å². The Balaban J connectivity index is 0.000000231. The van der Waals surface area contributed by atoms with Crippen LogP contribution in [0.15, 0.2) is 29.1 Å². The normalized spacial score (nSPS) is 9.40. The molecule has 0 unspecified atom stereocenters. The quantitative estimate of drug-likeness (QED) is 0.517. The molecule has 10 heavy (non-hydrogen) atoms. The van der Waals surface area contributed by atoms with Gasteiger partial charge in [0.05, 0.1) is 0 Å². The first-order valence-corrected chi connectivity index (χ1v) is 2.79.